The van der Waals surface area contributed by atoms with E-state index in [1.54, 1.807) is 6.20 Å². The van der Waals surface area contributed by atoms with E-state index >= 15 is 0 Å². The topological polar surface area (TPSA) is 25.8 Å². The predicted octanol–water partition coefficient (Wildman–Crippen LogP) is 2.83. The van der Waals surface area contributed by atoms with E-state index in [2.05, 4.69) is 29.9 Å². The van der Waals surface area contributed by atoms with Gasteiger partial charge in [-0.3, -0.25) is 9.97 Å². The second-order valence-electron chi connectivity index (χ2n) is 3.96. The second-order valence-corrected chi connectivity index (χ2v) is 3.96. The molecule has 0 unspecified atom stereocenters. The van der Waals surface area contributed by atoms with Crippen molar-refractivity contribution < 1.29 is 0 Å². The first-order chi connectivity index (χ1) is 6.77. The van der Waals surface area contributed by atoms with E-state index in [1.165, 1.54) is 10.9 Å². The molecular weight excluding hydrogens is 172 g/mol. The molecule has 0 fully saturated rings. The van der Waals surface area contributed by atoms with Crippen LogP contribution in [-0.2, 0) is 6.42 Å². The lowest BCUT2D eigenvalue weighted by molar-refractivity contribution is 0.650. The number of hydrogen-bond donors (Lipinski definition) is 0. The number of pyridine rings is 2. The molecule has 0 aliphatic rings. The summed E-state index contributed by atoms with van der Waals surface area (Å²) in [5.74, 6) is 0.667. The van der Waals surface area contributed by atoms with Crippen molar-refractivity contribution in [3.05, 3.63) is 36.3 Å². The highest BCUT2D eigenvalue weighted by atomic mass is 14.7. The number of aromatic nitrogens is 2. The maximum absolute atomic E-state index is 4.31. The Morgan fingerprint density at radius 3 is 2.86 bits per heavy atom. The van der Waals surface area contributed by atoms with Gasteiger partial charge >= 0.3 is 0 Å². The van der Waals surface area contributed by atoms with Crippen LogP contribution >= 0.6 is 0 Å². The summed E-state index contributed by atoms with van der Waals surface area (Å²) >= 11 is 0. The molecule has 14 heavy (non-hydrogen) atoms. The zero-order valence-electron chi connectivity index (χ0n) is 8.57. The monoisotopic (exact) mass is 186 g/mol. The van der Waals surface area contributed by atoms with Gasteiger partial charge in [-0.15, -0.1) is 0 Å². The van der Waals surface area contributed by atoms with Gasteiger partial charge in [0, 0.05) is 24.0 Å². The summed E-state index contributed by atoms with van der Waals surface area (Å²) in [5, 5.41) is 1.18. The van der Waals surface area contributed by atoms with Gasteiger partial charge in [0.1, 0.15) is 0 Å². The largest absolute Gasteiger partial charge is 0.264 e. The van der Waals surface area contributed by atoms with Crippen molar-refractivity contribution in [1.29, 1.82) is 0 Å². The van der Waals surface area contributed by atoms with Gasteiger partial charge in [-0.05, 0) is 30.0 Å². The molecule has 2 heterocycles. The molecule has 0 spiro atoms. The summed E-state index contributed by atoms with van der Waals surface area (Å²) < 4.78 is 0. The Morgan fingerprint density at radius 2 is 2.07 bits per heavy atom. The lowest BCUT2D eigenvalue weighted by atomic mass is 10.0. The number of fused-ring (bicyclic) bond motifs is 1. The summed E-state index contributed by atoms with van der Waals surface area (Å²) in [6, 6.07) is 4.04. The zero-order chi connectivity index (χ0) is 9.97. The van der Waals surface area contributed by atoms with Crippen LogP contribution in [0.2, 0.25) is 0 Å². The molecule has 0 amide bonds. The first-order valence-corrected chi connectivity index (χ1v) is 4.95. The van der Waals surface area contributed by atoms with Crippen molar-refractivity contribution in [2.24, 2.45) is 5.92 Å². The van der Waals surface area contributed by atoms with Crippen LogP contribution in [0.4, 0.5) is 0 Å². The molecule has 2 rings (SSSR count). The smallest absolute Gasteiger partial charge is 0.0735 e. The Morgan fingerprint density at radius 1 is 1.21 bits per heavy atom. The first kappa shape index (κ1) is 9.13. The highest BCUT2D eigenvalue weighted by Crippen LogP contribution is 2.17. The SMILES string of the molecule is CC(C)Cc1ccnc2ccncc12. The Labute approximate surface area is 84.0 Å². The van der Waals surface area contributed by atoms with Crippen LogP contribution in [0.3, 0.4) is 0 Å². The van der Waals surface area contributed by atoms with Crippen LogP contribution in [0.15, 0.2) is 30.7 Å². The van der Waals surface area contributed by atoms with Crippen molar-refractivity contribution in [3.8, 4) is 0 Å². The zero-order valence-corrected chi connectivity index (χ0v) is 8.57. The predicted molar refractivity (Wildman–Crippen MR) is 58.1 cm³/mol. The maximum atomic E-state index is 4.31. The van der Waals surface area contributed by atoms with Crippen LogP contribution in [0, 0.1) is 5.92 Å². The average Bonchev–Trinajstić information content (AvgIpc) is 2.18. The molecule has 0 atom stereocenters. The number of nitrogens with zero attached hydrogens (tertiary/aromatic N) is 2. The fourth-order valence-corrected chi connectivity index (χ4v) is 1.66. The summed E-state index contributed by atoms with van der Waals surface area (Å²) in [6.07, 6.45) is 6.65. The van der Waals surface area contributed by atoms with Crippen LogP contribution in [0.25, 0.3) is 10.9 Å². The highest BCUT2D eigenvalue weighted by Gasteiger charge is 2.03. The second kappa shape index (κ2) is 3.74. The third-order valence-corrected chi connectivity index (χ3v) is 2.26. The van der Waals surface area contributed by atoms with Crippen molar-refractivity contribution in [2.45, 2.75) is 20.3 Å². The van der Waals surface area contributed by atoms with Crippen molar-refractivity contribution in [1.82, 2.24) is 9.97 Å². The fourth-order valence-electron chi connectivity index (χ4n) is 1.66. The van der Waals surface area contributed by atoms with E-state index in [0.717, 1.165) is 11.9 Å². The third kappa shape index (κ3) is 1.74. The van der Waals surface area contributed by atoms with Gasteiger partial charge in [0.2, 0.25) is 0 Å². The molecule has 0 saturated heterocycles. The van der Waals surface area contributed by atoms with E-state index in [9.17, 15) is 0 Å². The Balaban J connectivity index is 2.53. The summed E-state index contributed by atoms with van der Waals surface area (Å²) in [6.45, 7) is 4.45. The van der Waals surface area contributed by atoms with Crippen molar-refractivity contribution >= 4 is 10.9 Å². The normalized spacial score (nSPS) is 11.1. The van der Waals surface area contributed by atoms with Gasteiger partial charge in [0.15, 0.2) is 0 Å². The first-order valence-electron chi connectivity index (χ1n) is 4.95. The molecule has 0 bridgehead atoms. The van der Waals surface area contributed by atoms with Crippen LogP contribution < -0.4 is 0 Å². The highest BCUT2D eigenvalue weighted by molar-refractivity contribution is 5.80. The van der Waals surface area contributed by atoms with Crippen LogP contribution in [0.5, 0.6) is 0 Å². The quantitative estimate of drug-likeness (QED) is 0.720. The number of hydrogen-bond acceptors (Lipinski definition) is 2. The molecule has 2 nitrogen and oxygen atoms in total. The maximum Gasteiger partial charge on any atom is 0.0735 e. The summed E-state index contributed by atoms with van der Waals surface area (Å²) in [7, 11) is 0. The molecule has 0 saturated carbocycles. The molecule has 0 aromatic carbocycles. The Hall–Kier alpha value is -1.44. The fraction of sp³-hybridized carbons (Fsp3) is 0.333. The van der Waals surface area contributed by atoms with Crippen molar-refractivity contribution in [2.75, 3.05) is 0 Å². The van der Waals surface area contributed by atoms with Crippen LogP contribution in [0.1, 0.15) is 19.4 Å². The van der Waals surface area contributed by atoms with E-state index < -0.39 is 0 Å². The van der Waals surface area contributed by atoms with Gasteiger partial charge < -0.3 is 0 Å². The van der Waals surface area contributed by atoms with E-state index in [4.69, 9.17) is 0 Å². The lowest BCUT2D eigenvalue weighted by Gasteiger charge is -2.07. The van der Waals surface area contributed by atoms with Gasteiger partial charge in [0.05, 0.1) is 5.52 Å². The van der Waals surface area contributed by atoms with Crippen LogP contribution in [-0.4, -0.2) is 9.97 Å². The van der Waals surface area contributed by atoms with Gasteiger partial charge in [-0.2, -0.15) is 0 Å². The summed E-state index contributed by atoms with van der Waals surface area (Å²) in [5.41, 5.74) is 2.39. The molecule has 2 aromatic heterocycles. The molecule has 0 aliphatic carbocycles. The summed E-state index contributed by atoms with van der Waals surface area (Å²) in [4.78, 5) is 8.45. The molecule has 0 aliphatic heterocycles. The minimum Gasteiger partial charge on any atom is -0.264 e. The standard InChI is InChI=1S/C12H14N2/c1-9(2)7-10-3-6-14-12-4-5-13-8-11(10)12/h3-6,8-9H,7H2,1-2H3. The molecule has 0 radical (unpaired) electrons. The van der Waals surface area contributed by atoms with Gasteiger partial charge in [-0.1, -0.05) is 13.8 Å². The minimum atomic E-state index is 0.667. The molecule has 0 N–H and O–H groups in total. The Bertz CT molecular complexity index is 430. The molecule has 2 aromatic rings. The van der Waals surface area contributed by atoms with Crippen molar-refractivity contribution in [3.63, 3.8) is 0 Å². The van der Waals surface area contributed by atoms with E-state index in [-0.39, 0.29) is 0 Å². The van der Waals surface area contributed by atoms with Gasteiger partial charge in [0.25, 0.3) is 0 Å². The third-order valence-electron chi connectivity index (χ3n) is 2.26. The molecule has 72 valence electrons. The van der Waals surface area contributed by atoms with Gasteiger partial charge in [-0.25, -0.2) is 0 Å². The number of rotatable bonds is 2. The van der Waals surface area contributed by atoms with E-state index in [1.807, 2.05) is 18.5 Å². The average molecular weight is 186 g/mol. The Kier molecular flexibility index (Phi) is 2.44. The minimum absolute atomic E-state index is 0.667. The van der Waals surface area contributed by atoms with E-state index in [0.29, 0.717) is 5.92 Å². The lowest BCUT2D eigenvalue weighted by Crippen LogP contribution is -1.96. The molecular formula is C12H14N2. The molecule has 2 heteroatoms.